The molecule has 5 nitrogen and oxygen atoms in total. The van der Waals surface area contributed by atoms with Crippen molar-refractivity contribution < 1.29 is 13.2 Å². The summed E-state index contributed by atoms with van der Waals surface area (Å²) in [6.45, 7) is 3.09. The highest BCUT2D eigenvalue weighted by atomic mass is 32.2. The van der Waals surface area contributed by atoms with Crippen LogP contribution in [-0.4, -0.2) is 56.9 Å². The highest BCUT2D eigenvalue weighted by Crippen LogP contribution is 2.19. The van der Waals surface area contributed by atoms with Gasteiger partial charge in [-0.05, 0) is 25.5 Å². The molecule has 1 aliphatic heterocycles. The molecular weight excluding hydrogens is 300 g/mol. The van der Waals surface area contributed by atoms with Crippen LogP contribution in [0.25, 0.3) is 0 Å². The van der Waals surface area contributed by atoms with E-state index in [9.17, 15) is 13.2 Å². The molecule has 1 aliphatic rings. The lowest BCUT2D eigenvalue weighted by Crippen LogP contribution is -2.42. The Morgan fingerprint density at radius 1 is 1.27 bits per heavy atom. The number of anilines is 1. The molecule has 0 bridgehead atoms. The third-order valence-corrected chi connectivity index (χ3v) is 5.92. The van der Waals surface area contributed by atoms with Crippen molar-refractivity contribution in [1.82, 2.24) is 4.90 Å². The van der Waals surface area contributed by atoms with Crippen LogP contribution in [-0.2, 0) is 14.6 Å². The largest absolute Gasteiger partial charge is 0.374 e. The Balaban J connectivity index is 1.90. The fourth-order valence-electron chi connectivity index (χ4n) is 2.88. The molecule has 2 rings (SSSR count). The molecule has 0 aromatic heterocycles. The maximum atomic E-state index is 12.4. The number of nitrogens with zero attached hydrogens (tertiary/aromatic N) is 2. The molecule has 0 aliphatic carbocycles. The highest BCUT2D eigenvalue weighted by molar-refractivity contribution is 7.91. The van der Waals surface area contributed by atoms with Crippen molar-refractivity contribution >= 4 is 21.4 Å². The number of benzene rings is 1. The lowest BCUT2D eigenvalue weighted by molar-refractivity contribution is -0.132. The van der Waals surface area contributed by atoms with E-state index in [1.807, 2.05) is 49.2 Å². The average Bonchev–Trinajstić information content (AvgIpc) is 2.86. The molecule has 1 aromatic rings. The molecule has 0 spiro atoms. The van der Waals surface area contributed by atoms with Gasteiger partial charge < -0.3 is 9.80 Å². The van der Waals surface area contributed by atoms with E-state index in [1.165, 1.54) is 0 Å². The SMILES string of the molecule is CCN(C(=O)CCN(C)c1ccccc1)C1CCS(=O)(=O)C1. The number of amides is 1. The molecule has 1 saturated heterocycles. The van der Waals surface area contributed by atoms with E-state index in [2.05, 4.69) is 0 Å². The number of carbonyl (C=O) groups is 1. The molecule has 1 unspecified atom stereocenters. The molecule has 22 heavy (non-hydrogen) atoms. The molecule has 0 radical (unpaired) electrons. The molecule has 1 amide bonds. The van der Waals surface area contributed by atoms with Crippen molar-refractivity contribution in [1.29, 1.82) is 0 Å². The van der Waals surface area contributed by atoms with Crippen LogP contribution in [0.15, 0.2) is 30.3 Å². The summed E-state index contributed by atoms with van der Waals surface area (Å²) in [6.07, 6.45) is 0.965. The van der Waals surface area contributed by atoms with Gasteiger partial charge in [0.1, 0.15) is 0 Å². The number of hydrogen-bond acceptors (Lipinski definition) is 4. The van der Waals surface area contributed by atoms with Crippen LogP contribution >= 0.6 is 0 Å². The van der Waals surface area contributed by atoms with Crippen molar-refractivity contribution in [2.75, 3.05) is 36.5 Å². The van der Waals surface area contributed by atoms with Gasteiger partial charge in [-0.1, -0.05) is 18.2 Å². The number of carbonyl (C=O) groups excluding carboxylic acids is 1. The third kappa shape index (κ3) is 4.22. The van der Waals surface area contributed by atoms with Crippen molar-refractivity contribution in [2.45, 2.75) is 25.8 Å². The van der Waals surface area contributed by atoms with Crippen LogP contribution in [0.4, 0.5) is 5.69 Å². The molecule has 122 valence electrons. The second-order valence-electron chi connectivity index (χ2n) is 5.74. The average molecular weight is 324 g/mol. The first kappa shape index (κ1) is 16.8. The lowest BCUT2D eigenvalue weighted by atomic mass is 10.2. The maximum Gasteiger partial charge on any atom is 0.224 e. The van der Waals surface area contributed by atoms with Crippen molar-refractivity contribution in [3.05, 3.63) is 30.3 Å². The van der Waals surface area contributed by atoms with Gasteiger partial charge in [-0.25, -0.2) is 8.42 Å². The standard InChI is InChI=1S/C16H24N2O3S/c1-3-18(15-10-12-22(20,21)13-15)16(19)9-11-17(2)14-7-5-4-6-8-14/h4-8,15H,3,9-13H2,1-2H3. The molecule has 6 heteroatoms. The maximum absolute atomic E-state index is 12.4. The van der Waals surface area contributed by atoms with Crippen LogP contribution in [0, 0.1) is 0 Å². The molecule has 1 aromatic carbocycles. The summed E-state index contributed by atoms with van der Waals surface area (Å²) in [4.78, 5) is 16.2. The van der Waals surface area contributed by atoms with E-state index in [0.717, 1.165) is 5.69 Å². The van der Waals surface area contributed by atoms with Gasteiger partial charge in [-0.15, -0.1) is 0 Å². The topological polar surface area (TPSA) is 57.7 Å². The zero-order chi connectivity index (χ0) is 16.2. The van der Waals surface area contributed by atoms with E-state index in [-0.39, 0.29) is 23.5 Å². The van der Waals surface area contributed by atoms with E-state index in [0.29, 0.717) is 25.9 Å². The third-order valence-electron chi connectivity index (χ3n) is 4.17. The Hall–Kier alpha value is -1.56. The fourth-order valence-corrected chi connectivity index (χ4v) is 4.61. The van der Waals surface area contributed by atoms with E-state index < -0.39 is 9.84 Å². The van der Waals surface area contributed by atoms with Crippen LogP contribution in [0.3, 0.4) is 0 Å². The van der Waals surface area contributed by atoms with Gasteiger partial charge in [0.05, 0.1) is 11.5 Å². The Labute approximate surface area is 132 Å². The quantitative estimate of drug-likeness (QED) is 0.797. The first-order valence-electron chi connectivity index (χ1n) is 7.69. The Bertz CT molecular complexity index is 601. The van der Waals surface area contributed by atoms with Crippen molar-refractivity contribution in [3.8, 4) is 0 Å². The zero-order valence-corrected chi connectivity index (χ0v) is 14.1. The molecule has 1 fully saturated rings. The Morgan fingerprint density at radius 3 is 2.50 bits per heavy atom. The second-order valence-corrected chi connectivity index (χ2v) is 7.97. The summed E-state index contributed by atoms with van der Waals surface area (Å²) in [5.74, 6) is 0.347. The summed E-state index contributed by atoms with van der Waals surface area (Å²) in [6, 6.07) is 9.76. The van der Waals surface area contributed by atoms with Crippen LogP contribution in [0.5, 0.6) is 0 Å². The summed E-state index contributed by atoms with van der Waals surface area (Å²) in [7, 11) is -1.01. The predicted molar refractivity (Wildman–Crippen MR) is 88.8 cm³/mol. The molecule has 1 atom stereocenters. The van der Waals surface area contributed by atoms with Crippen LogP contribution in [0.2, 0.25) is 0 Å². The summed E-state index contributed by atoms with van der Waals surface area (Å²) in [5, 5.41) is 0. The smallest absolute Gasteiger partial charge is 0.224 e. The van der Waals surface area contributed by atoms with Gasteiger partial charge in [0, 0.05) is 38.3 Å². The second kappa shape index (κ2) is 7.13. The lowest BCUT2D eigenvalue weighted by Gasteiger charge is -2.28. The van der Waals surface area contributed by atoms with Gasteiger partial charge in [0.25, 0.3) is 0 Å². The minimum absolute atomic E-state index is 0.0346. The normalized spacial score (nSPS) is 19.8. The van der Waals surface area contributed by atoms with Gasteiger partial charge >= 0.3 is 0 Å². The number of hydrogen-bond donors (Lipinski definition) is 0. The highest BCUT2D eigenvalue weighted by Gasteiger charge is 2.33. The minimum Gasteiger partial charge on any atom is -0.374 e. The summed E-state index contributed by atoms with van der Waals surface area (Å²) in [5.41, 5.74) is 1.07. The molecule has 1 heterocycles. The van der Waals surface area contributed by atoms with Gasteiger partial charge in [-0.2, -0.15) is 0 Å². The first-order valence-corrected chi connectivity index (χ1v) is 9.51. The van der Waals surface area contributed by atoms with Gasteiger partial charge in [0.15, 0.2) is 9.84 Å². The van der Waals surface area contributed by atoms with Gasteiger partial charge in [0.2, 0.25) is 5.91 Å². The summed E-state index contributed by atoms with van der Waals surface area (Å²) < 4.78 is 23.2. The molecule has 0 saturated carbocycles. The fraction of sp³-hybridized carbons (Fsp3) is 0.562. The van der Waals surface area contributed by atoms with Crippen molar-refractivity contribution in [3.63, 3.8) is 0 Å². The first-order chi connectivity index (χ1) is 10.4. The van der Waals surface area contributed by atoms with Crippen LogP contribution in [0.1, 0.15) is 19.8 Å². The van der Waals surface area contributed by atoms with E-state index in [1.54, 1.807) is 4.90 Å². The van der Waals surface area contributed by atoms with Crippen molar-refractivity contribution in [2.24, 2.45) is 0 Å². The van der Waals surface area contributed by atoms with E-state index in [4.69, 9.17) is 0 Å². The summed E-state index contributed by atoms with van der Waals surface area (Å²) >= 11 is 0. The molecular formula is C16H24N2O3S. The number of sulfone groups is 1. The predicted octanol–water partition coefficient (Wildman–Crippen LogP) is 1.55. The number of para-hydroxylation sites is 1. The molecule has 0 N–H and O–H groups in total. The Morgan fingerprint density at radius 2 is 1.95 bits per heavy atom. The van der Waals surface area contributed by atoms with E-state index >= 15 is 0 Å². The number of rotatable bonds is 6. The van der Waals surface area contributed by atoms with Crippen LogP contribution < -0.4 is 4.90 Å². The minimum atomic E-state index is -2.96. The monoisotopic (exact) mass is 324 g/mol. The zero-order valence-electron chi connectivity index (χ0n) is 13.2. The Kier molecular flexibility index (Phi) is 5.45. The van der Waals surface area contributed by atoms with Gasteiger partial charge in [-0.3, -0.25) is 4.79 Å².